The summed E-state index contributed by atoms with van der Waals surface area (Å²) in [7, 11) is -1.14. The molecule has 2 aliphatic carbocycles. The highest BCUT2D eigenvalue weighted by molar-refractivity contribution is 7.41. The molecule has 0 atom stereocenters. The molecule has 0 unspecified atom stereocenters. The van der Waals surface area contributed by atoms with Crippen molar-refractivity contribution in [1.82, 2.24) is 0 Å². The third kappa shape index (κ3) is 6.39. The summed E-state index contributed by atoms with van der Waals surface area (Å²) in [4.78, 5) is 0. The summed E-state index contributed by atoms with van der Waals surface area (Å²) >= 11 is 0. The van der Waals surface area contributed by atoms with Gasteiger partial charge in [-0.3, -0.25) is 0 Å². The zero-order chi connectivity index (χ0) is 14.2. The molecule has 2 aliphatic rings. The maximum absolute atomic E-state index is 6.16. The van der Waals surface area contributed by atoms with E-state index in [1.807, 2.05) is 0 Å². The van der Waals surface area contributed by atoms with Gasteiger partial charge < -0.3 is 13.6 Å². The zero-order valence-corrected chi connectivity index (χ0v) is 14.1. The standard InChI is InChI=1S/C16H31O3P/c1-14(2)13-17-20(18-15-9-5-3-6-10-15)19-16-11-7-4-8-12-16/h14-16H,3-13H2,1-2H3. The van der Waals surface area contributed by atoms with Crippen LogP contribution in [0.25, 0.3) is 0 Å². The predicted molar refractivity (Wildman–Crippen MR) is 83.6 cm³/mol. The lowest BCUT2D eigenvalue weighted by Gasteiger charge is -2.30. The first-order valence-corrected chi connectivity index (χ1v) is 9.60. The zero-order valence-electron chi connectivity index (χ0n) is 13.2. The van der Waals surface area contributed by atoms with Crippen LogP contribution in [0.4, 0.5) is 0 Å². The SMILES string of the molecule is CC(C)COP(OC1CCCCC1)OC1CCCCC1. The highest BCUT2D eigenvalue weighted by Crippen LogP contribution is 2.46. The normalized spacial score (nSPS) is 22.8. The molecule has 0 radical (unpaired) electrons. The quantitative estimate of drug-likeness (QED) is 0.574. The first-order valence-electron chi connectivity index (χ1n) is 8.50. The lowest BCUT2D eigenvalue weighted by molar-refractivity contribution is 0.0572. The van der Waals surface area contributed by atoms with Gasteiger partial charge in [0.05, 0.1) is 18.8 Å². The van der Waals surface area contributed by atoms with E-state index < -0.39 is 8.60 Å². The predicted octanol–water partition coefficient (Wildman–Crippen LogP) is 5.58. The van der Waals surface area contributed by atoms with Gasteiger partial charge in [0.15, 0.2) is 0 Å². The summed E-state index contributed by atoms with van der Waals surface area (Å²) in [6.45, 7) is 5.09. The van der Waals surface area contributed by atoms with Crippen molar-refractivity contribution in [1.29, 1.82) is 0 Å². The summed E-state index contributed by atoms with van der Waals surface area (Å²) in [5, 5.41) is 0. The molecule has 2 saturated carbocycles. The van der Waals surface area contributed by atoms with Crippen molar-refractivity contribution in [2.45, 2.75) is 90.3 Å². The summed E-state index contributed by atoms with van der Waals surface area (Å²) < 4.78 is 18.3. The van der Waals surface area contributed by atoms with Gasteiger partial charge in [-0.15, -0.1) is 0 Å². The molecule has 20 heavy (non-hydrogen) atoms. The van der Waals surface area contributed by atoms with E-state index in [-0.39, 0.29) is 0 Å². The highest BCUT2D eigenvalue weighted by Gasteiger charge is 2.26. The van der Waals surface area contributed by atoms with E-state index in [0.717, 1.165) is 6.61 Å². The summed E-state index contributed by atoms with van der Waals surface area (Å²) in [6.07, 6.45) is 13.3. The molecule has 0 saturated heterocycles. The van der Waals surface area contributed by atoms with Crippen molar-refractivity contribution in [3.05, 3.63) is 0 Å². The first-order chi connectivity index (χ1) is 9.74. The van der Waals surface area contributed by atoms with Crippen LogP contribution in [0.3, 0.4) is 0 Å². The molecule has 0 spiro atoms. The third-order valence-corrected chi connectivity index (χ3v) is 5.39. The second kappa shape index (κ2) is 9.35. The van der Waals surface area contributed by atoms with Gasteiger partial charge in [0.1, 0.15) is 0 Å². The van der Waals surface area contributed by atoms with Crippen LogP contribution in [0.1, 0.15) is 78.1 Å². The topological polar surface area (TPSA) is 27.7 Å². The van der Waals surface area contributed by atoms with Crippen LogP contribution in [0.5, 0.6) is 0 Å². The van der Waals surface area contributed by atoms with Gasteiger partial charge in [-0.25, -0.2) is 0 Å². The Bertz CT molecular complexity index is 228. The minimum Gasteiger partial charge on any atom is -0.312 e. The van der Waals surface area contributed by atoms with E-state index >= 15 is 0 Å². The Kier molecular flexibility index (Phi) is 7.80. The first kappa shape index (κ1) is 16.7. The van der Waals surface area contributed by atoms with Crippen molar-refractivity contribution in [3.8, 4) is 0 Å². The number of hydrogen-bond donors (Lipinski definition) is 0. The second-order valence-electron chi connectivity index (χ2n) is 6.64. The van der Waals surface area contributed by atoms with Gasteiger partial charge in [0, 0.05) is 0 Å². The van der Waals surface area contributed by atoms with Crippen molar-refractivity contribution < 1.29 is 13.6 Å². The monoisotopic (exact) mass is 302 g/mol. The van der Waals surface area contributed by atoms with E-state index in [0.29, 0.717) is 18.1 Å². The van der Waals surface area contributed by atoms with E-state index in [9.17, 15) is 0 Å². The summed E-state index contributed by atoms with van der Waals surface area (Å²) in [6, 6.07) is 0. The molecule has 0 amide bonds. The van der Waals surface area contributed by atoms with E-state index in [1.165, 1.54) is 64.2 Å². The fraction of sp³-hybridized carbons (Fsp3) is 1.00. The van der Waals surface area contributed by atoms with Crippen LogP contribution in [-0.4, -0.2) is 18.8 Å². The van der Waals surface area contributed by atoms with E-state index in [1.54, 1.807) is 0 Å². The molecular formula is C16H31O3P. The molecule has 0 heterocycles. The summed E-state index contributed by atoms with van der Waals surface area (Å²) in [5.41, 5.74) is 0. The smallest absolute Gasteiger partial charge is 0.312 e. The van der Waals surface area contributed by atoms with Crippen LogP contribution >= 0.6 is 8.60 Å². The van der Waals surface area contributed by atoms with Crippen LogP contribution in [0.15, 0.2) is 0 Å². The van der Waals surface area contributed by atoms with Gasteiger partial charge in [-0.1, -0.05) is 52.4 Å². The Hall–Kier alpha value is 0.310. The fourth-order valence-electron chi connectivity index (χ4n) is 2.88. The lowest BCUT2D eigenvalue weighted by Crippen LogP contribution is -2.20. The van der Waals surface area contributed by atoms with Gasteiger partial charge in [0.2, 0.25) is 0 Å². The molecular weight excluding hydrogens is 271 g/mol. The van der Waals surface area contributed by atoms with Crippen LogP contribution in [0.2, 0.25) is 0 Å². The Morgan fingerprint density at radius 1 is 0.800 bits per heavy atom. The Morgan fingerprint density at radius 2 is 1.25 bits per heavy atom. The summed E-state index contributed by atoms with van der Waals surface area (Å²) in [5.74, 6) is 0.532. The Labute approximate surface area is 125 Å². The van der Waals surface area contributed by atoms with Crippen molar-refractivity contribution in [2.24, 2.45) is 5.92 Å². The highest BCUT2D eigenvalue weighted by atomic mass is 31.2. The van der Waals surface area contributed by atoms with Crippen LogP contribution < -0.4 is 0 Å². The maximum Gasteiger partial charge on any atom is 0.333 e. The Balaban J connectivity index is 1.78. The van der Waals surface area contributed by atoms with Gasteiger partial charge in [0.25, 0.3) is 0 Å². The molecule has 2 fully saturated rings. The molecule has 0 N–H and O–H groups in total. The molecule has 0 aliphatic heterocycles. The second-order valence-corrected chi connectivity index (χ2v) is 7.77. The lowest BCUT2D eigenvalue weighted by atomic mass is 9.98. The average molecular weight is 302 g/mol. The van der Waals surface area contributed by atoms with Crippen LogP contribution in [0, 0.1) is 5.92 Å². The van der Waals surface area contributed by atoms with E-state index in [4.69, 9.17) is 13.6 Å². The minimum absolute atomic E-state index is 0.366. The molecule has 118 valence electrons. The third-order valence-electron chi connectivity index (χ3n) is 4.09. The molecule has 2 rings (SSSR count). The average Bonchev–Trinajstić information content (AvgIpc) is 2.47. The number of rotatable bonds is 7. The van der Waals surface area contributed by atoms with Gasteiger partial charge in [-0.2, -0.15) is 0 Å². The van der Waals surface area contributed by atoms with Gasteiger partial charge in [-0.05, 0) is 31.6 Å². The maximum atomic E-state index is 6.16. The molecule has 3 nitrogen and oxygen atoms in total. The largest absolute Gasteiger partial charge is 0.333 e. The van der Waals surface area contributed by atoms with Gasteiger partial charge >= 0.3 is 8.60 Å². The molecule has 4 heteroatoms. The number of hydrogen-bond acceptors (Lipinski definition) is 3. The minimum atomic E-state index is -1.14. The molecule has 0 aromatic heterocycles. The van der Waals surface area contributed by atoms with Crippen molar-refractivity contribution in [3.63, 3.8) is 0 Å². The van der Waals surface area contributed by atoms with Crippen molar-refractivity contribution in [2.75, 3.05) is 6.61 Å². The Morgan fingerprint density at radius 3 is 1.65 bits per heavy atom. The molecule has 0 aromatic carbocycles. The van der Waals surface area contributed by atoms with E-state index in [2.05, 4.69) is 13.8 Å². The van der Waals surface area contributed by atoms with Crippen LogP contribution in [-0.2, 0) is 13.6 Å². The fourth-order valence-corrected chi connectivity index (χ4v) is 4.38. The van der Waals surface area contributed by atoms with Crippen molar-refractivity contribution >= 4 is 8.60 Å². The molecule has 0 bridgehead atoms. The molecule has 0 aromatic rings.